The van der Waals surface area contributed by atoms with Crippen molar-refractivity contribution in [3.63, 3.8) is 0 Å². The van der Waals surface area contributed by atoms with Crippen LogP contribution >= 0.6 is 0 Å². The number of amides is 1. The number of carbonyl (C=O) groups is 1. The lowest BCUT2D eigenvalue weighted by molar-refractivity contribution is -0.546. The molecule has 39 heavy (non-hydrogen) atoms. The highest BCUT2D eigenvalue weighted by atomic mass is 19.4. The molecule has 0 aliphatic carbocycles. The van der Waals surface area contributed by atoms with E-state index in [4.69, 9.17) is 0 Å². The third-order valence-corrected chi connectivity index (χ3v) is 3.97. The number of non-ortho nitro benzene ring substituents is 1. The van der Waals surface area contributed by atoms with Gasteiger partial charge in [0.1, 0.15) is 0 Å². The summed E-state index contributed by atoms with van der Waals surface area (Å²) in [7, 11) is 0. The van der Waals surface area contributed by atoms with Crippen LogP contribution in [-0.4, -0.2) is 59.2 Å². The highest BCUT2D eigenvalue weighted by molar-refractivity contribution is 5.97. The summed E-state index contributed by atoms with van der Waals surface area (Å²) < 4.78 is 226. The van der Waals surface area contributed by atoms with E-state index in [1.807, 2.05) is 4.74 Å². The first-order valence-corrected chi connectivity index (χ1v) is 8.64. The molecule has 0 aliphatic heterocycles. The van der Waals surface area contributed by atoms with Crippen molar-refractivity contribution in [2.24, 2.45) is 0 Å². The molecular formula is C15H5F17N2O5. The van der Waals surface area contributed by atoms with Crippen molar-refractivity contribution in [3.05, 3.63) is 34.4 Å². The minimum atomic E-state index is -8.10. The van der Waals surface area contributed by atoms with Crippen LogP contribution in [0.15, 0.2) is 24.3 Å². The molecule has 1 aromatic carbocycles. The van der Waals surface area contributed by atoms with Crippen molar-refractivity contribution in [3.8, 4) is 0 Å². The number of nitrogens with one attached hydrogen (secondary N) is 1. The molecule has 0 fully saturated rings. The van der Waals surface area contributed by atoms with Gasteiger partial charge in [-0.05, 0) is 6.07 Å². The standard InChI is InChI=1S/C15H5F17N2O5/c16-8(11(20,21)22,7(35)33-5-2-1-3-6(4-5)34(36)37)38-10(19,13(26,27)28)15(31,32)39-14(29,30)9(17,18)12(23,24)25/h1-4H,(H,33,35). The minimum absolute atomic E-state index is 0.0681. The molecule has 0 bridgehead atoms. The number of halogens is 17. The number of nitro groups is 1. The molecule has 1 N–H and O–H groups in total. The molecule has 0 aromatic heterocycles. The molecule has 0 saturated carbocycles. The van der Waals surface area contributed by atoms with Crippen LogP contribution in [0.25, 0.3) is 0 Å². The van der Waals surface area contributed by atoms with Crippen LogP contribution in [-0.2, 0) is 14.3 Å². The fourth-order valence-corrected chi connectivity index (χ4v) is 2.07. The number of ether oxygens (including phenoxy) is 2. The van der Waals surface area contributed by atoms with Crippen LogP contribution in [0.1, 0.15) is 0 Å². The average molecular weight is 616 g/mol. The predicted octanol–water partition coefficient (Wildman–Crippen LogP) is 6.41. The topological polar surface area (TPSA) is 90.7 Å². The Morgan fingerprint density at radius 2 is 1.21 bits per heavy atom. The van der Waals surface area contributed by atoms with Gasteiger partial charge in [0.05, 0.1) is 4.92 Å². The predicted molar refractivity (Wildman–Crippen MR) is 84.6 cm³/mol. The SMILES string of the molecule is O=C(Nc1cccc([N+](=O)[O-])c1)C(F)(OC(F)(C(F)(F)F)C(F)(F)OC(F)(F)C(F)(F)C(F)(F)F)C(F)(F)F. The summed E-state index contributed by atoms with van der Waals surface area (Å²) in [5.41, 5.74) is -2.45. The third-order valence-electron chi connectivity index (χ3n) is 3.97. The fourth-order valence-electron chi connectivity index (χ4n) is 2.07. The molecule has 2 atom stereocenters. The van der Waals surface area contributed by atoms with Crippen LogP contribution < -0.4 is 5.32 Å². The number of hydrogen-bond acceptors (Lipinski definition) is 5. The molecule has 2 unspecified atom stereocenters. The van der Waals surface area contributed by atoms with Crippen molar-refractivity contribution in [1.29, 1.82) is 0 Å². The summed E-state index contributed by atoms with van der Waals surface area (Å²) in [4.78, 5) is 21.0. The van der Waals surface area contributed by atoms with E-state index in [-0.39, 0.29) is 6.07 Å². The summed E-state index contributed by atoms with van der Waals surface area (Å²) in [6, 6.07) is 1.51. The molecule has 0 spiro atoms. The zero-order chi connectivity index (χ0) is 31.3. The number of hydrogen-bond donors (Lipinski definition) is 1. The van der Waals surface area contributed by atoms with Crippen molar-refractivity contribution in [2.45, 2.75) is 48.4 Å². The molecule has 1 amide bonds. The molecule has 7 nitrogen and oxygen atoms in total. The summed E-state index contributed by atoms with van der Waals surface area (Å²) >= 11 is 0. The van der Waals surface area contributed by atoms with E-state index < -0.39 is 70.6 Å². The Hall–Kier alpha value is -3.18. The Balaban J connectivity index is 3.67. The Labute approximate surface area is 200 Å². The zero-order valence-electron chi connectivity index (χ0n) is 17.2. The molecule has 24 heteroatoms. The van der Waals surface area contributed by atoms with E-state index in [1.165, 1.54) is 4.74 Å². The van der Waals surface area contributed by atoms with Gasteiger partial charge >= 0.3 is 48.4 Å². The van der Waals surface area contributed by atoms with E-state index in [0.29, 0.717) is 23.5 Å². The van der Waals surface area contributed by atoms with E-state index in [2.05, 4.69) is 0 Å². The van der Waals surface area contributed by atoms with E-state index in [0.717, 1.165) is 0 Å². The molecule has 1 rings (SSSR count). The summed E-state index contributed by atoms with van der Waals surface area (Å²) in [6.07, 6.45) is -39.0. The molecule has 224 valence electrons. The number of rotatable bonds is 9. The van der Waals surface area contributed by atoms with E-state index >= 15 is 0 Å². The molecule has 0 saturated heterocycles. The zero-order valence-corrected chi connectivity index (χ0v) is 17.2. The van der Waals surface area contributed by atoms with E-state index in [9.17, 15) is 89.5 Å². The first kappa shape index (κ1) is 33.8. The highest BCUT2D eigenvalue weighted by Crippen LogP contribution is 2.56. The molecule has 0 aliphatic rings. The number of anilines is 1. The molecule has 1 aromatic rings. The van der Waals surface area contributed by atoms with Crippen LogP contribution in [0, 0.1) is 10.1 Å². The largest absolute Gasteiger partial charge is 0.462 e. The van der Waals surface area contributed by atoms with Crippen LogP contribution in [0.4, 0.5) is 86.0 Å². The monoisotopic (exact) mass is 616 g/mol. The van der Waals surface area contributed by atoms with Crippen LogP contribution in [0.5, 0.6) is 0 Å². The van der Waals surface area contributed by atoms with Crippen LogP contribution in [0.3, 0.4) is 0 Å². The van der Waals surface area contributed by atoms with Gasteiger partial charge in [0, 0.05) is 17.8 Å². The van der Waals surface area contributed by atoms with Gasteiger partial charge in [-0.2, -0.15) is 74.6 Å². The lowest BCUT2D eigenvalue weighted by Crippen LogP contribution is -2.68. The second-order valence-corrected chi connectivity index (χ2v) is 6.76. The van der Waals surface area contributed by atoms with Gasteiger partial charge in [0.25, 0.3) is 11.6 Å². The number of nitrogens with zero attached hydrogens (tertiary/aromatic N) is 1. The third kappa shape index (κ3) is 6.19. The lowest BCUT2D eigenvalue weighted by atomic mass is 10.2. The first-order valence-electron chi connectivity index (χ1n) is 8.64. The molecule has 0 heterocycles. The maximum Gasteiger partial charge on any atom is 0.462 e. The van der Waals surface area contributed by atoms with Gasteiger partial charge < -0.3 is 5.32 Å². The summed E-state index contributed by atoms with van der Waals surface area (Å²) in [6.45, 7) is 0. The molecule has 0 radical (unpaired) electrons. The van der Waals surface area contributed by atoms with Gasteiger partial charge in [-0.15, -0.1) is 0 Å². The number of nitro benzene ring substituents is 1. The van der Waals surface area contributed by atoms with Crippen LogP contribution in [0.2, 0.25) is 0 Å². The Morgan fingerprint density at radius 3 is 1.59 bits per heavy atom. The smallest absolute Gasteiger partial charge is 0.321 e. The normalized spacial score (nSPS) is 17.3. The second kappa shape index (κ2) is 9.78. The Morgan fingerprint density at radius 1 is 0.718 bits per heavy atom. The van der Waals surface area contributed by atoms with Crippen molar-refractivity contribution >= 4 is 17.3 Å². The van der Waals surface area contributed by atoms with Gasteiger partial charge in [0.2, 0.25) is 0 Å². The van der Waals surface area contributed by atoms with Crippen molar-refractivity contribution in [1.82, 2.24) is 0 Å². The lowest BCUT2D eigenvalue weighted by Gasteiger charge is -2.40. The number of carbonyl (C=O) groups excluding carboxylic acids is 1. The summed E-state index contributed by atoms with van der Waals surface area (Å²) in [5, 5.41) is 11.2. The van der Waals surface area contributed by atoms with Gasteiger partial charge in [-0.3, -0.25) is 19.6 Å². The fraction of sp³-hybridized carbons (Fsp3) is 0.533. The van der Waals surface area contributed by atoms with Gasteiger partial charge in [-0.25, -0.2) is 4.74 Å². The van der Waals surface area contributed by atoms with Gasteiger partial charge in [0.15, 0.2) is 0 Å². The first-order chi connectivity index (χ1) is 17.0. The maximum atomic E-state index is 14.5. The number of alkyl halides is 17. The molecular weight excluding hydrogens is 611 g/mol. The second-order valence-electron chi connectivity index (χ2n) is 6.76. The van der Waals surface area contributed by atoms with E-state index in [1.54, 1.807) is 0 Å². The minimum Gasteiger partial charge on any atom is -0.321 e. The van der Waals surface area contributed by atoms with Crippen molar-refractivity contribution < 1.29 is 93.8 Å². The van der Waals surface area contributed by atoms with Gasteiger partial charge in [-0.1, -0.05) is 6.07 Å². The maximum absolute atomic E-state index is 14.5. The van der Waals surface area contributed by atoms with Crippen molar-refractivity contribution in [2.75, 3.05) is 5.32 Å². The summed E-state index contributed by atoms with van der Waals surface area (Å²) in [5.74, 6) is -26.7. The average Bonchev–Trinajstić information content (AvgIpc) is 2.70. The number of benzene rings is 1. The quantitative estimate of drug-likeness (QED) is 0.197. The Kier molecular flexibility index (Phi) is 8.49. The highest BCUT2D eigenvalue weighted by Gasteiger charge is 2.85. The Bertz CT molecular complexity index is 1090.